The summed E-state index contributed by atoms with van der Waals surface area (Å²) in [5.41, 5.74) is 3.87. The van der Waals surface area contributed by atoms with Gasteiger partial charge in [-0.25, -0.2) is 4.39 Å². The molecule has 156 valence electrons. The molecule has 1 fully saturated rings. The van der Waals surface area contributed by atoms with E-state index < -0.39 is 0 Å². The number of amides is 1. The first-order valence-corrected chi connectivity index (χ1v) is 11.0. The van der Waals surface area contributed by atoms with Crippen molar-refractivity contribution in [2.24, 2.45) is 0 Å². The van der Waals surface area contributed by atoms with Gasteiger partial charge in [0.25, 0.3) is 5.91 Å². The minimum atomic E-state index is -0.281. The molecular weight excluding hydrogens is 429 g/mol. The van der Waals surface area contributed by atoms with E-state index in [9.17, 15) is 9.18 Å². The number of benzene rings is 3. The molecule has 4 rings (SSSR count). The normalized spacial score (nSPS) is 15.0. The summed E-state index contributed by atoms with van der Waals surface area (Å²) in [4.78, 5) is 15.1. The van der Waals surface area contributed by atoms with Crippen LogP contribution >= 0.6 is 24.0 Å². The standard InChI is InChI=1S/C25H20FNO2S2/c1-17-5-7-19(8-6-17)15-27-24(28)23(31-25(27)30)14-18-9-11-22(12-10-18)29-16-20-3-2-4-21(26)13-20/h2-14H,15-16H2,1H3/b23-14-. The summed E-state index contributed by atoms with van der Waals surface area (Å²) in [5, 5.41) is 0. The molecule has 3 nitrogen and oxygen atoms in total. The minimum absolute atomic E-state index is 0.0815. The summed E-state index contributed by atoms with van der Waals surface area (Å²) in [7, 11) is 0. The van der Waals surface area contributed by atoms with Crippen LogP contribution in [0.2, 0.25) is 0 Å². The third-order valence-electron chi connectivity index (χ3n) is 4.81. The number of nitrogens with zero attached hydrogens (tertiary/aromatic N) is 1. The number of carbonyl (C=O) groups excluding carboxylic acids is 1. The lowest BCUT2D eigenvalue weighted by molar-refractivity contribution is -0.122. The van der Waals surface area contributed by atoms with Crippen LogP contribution in [0.3, 0.4) is 0 Å². The van der Waals surface area contributed by atoms with Gasteiger partial charge in [0.15, 0.2) is 0 Å². The van der Waals surface area contributed by atoms with Gasteiger partial charge in [0, 0.05) is 0 Å². The number of rotatable bonds is 6. The van der Waals surface area contributed by atoms with Crippen LogP contribution in [0.25, 0.3) is 6.08 Å². The quantitative estimate of drug-likeness (QED) is 0.335. The maximum absolute atomic E-state index is 13.3. The molecule has 1 saturated heterocycles. The molecule has 1 aliphatic rings. The summed E-state index contributed by atoms with van der Waals surface area (Å²) in [6.07, 6.45) is 1.84. The number of hydrogen-bond donors (Lipinski definition) is 0. The number of hydrogen-bond acceptors (Lipinski definition) is 4. The molecule has 6 heteroatoms. The van der Waals surface area contributed by atoms with Gasteiger partial charge in [-0.15, -0.1) is 0 Å². The molecule has 0 spiro atoms. The van der Waals surface area contributed by atoms with E-state index in [4.69, 9.17) is 17.0 Å². The van der Waals surface area contributed by atoms with Crippen molar-refractivity contribution in [2.45, 2.75) is 20.1 Å². The average molecular weight is 450 g/mol. The zero-order valence-corrected chi connectivity index (χ0v) is 18.5. The van der Waals surface area contributed by atoms with Crippen LogP contribution in [0.5, 0.6) is 5.75 Å². The van der Waals surface area contributed by atoms with Crippen molar-refractivity contribution >= 4 is 40.3 Å². The molecule has 0 radical (unpaired) electrons. The second-order valence-corrected chi connectivity index (χ2v) is 8.92. The van der Waals surface area contributed by atoms with Crippen LogP contribution in [-0.2, 0) is 17.9 Å². The summed E-state index contributed by atoms with van der Waals surface area (Å²) in [6, 6.07) is 21.8. The molecule has 0 aromatic heterocycles. The van der Waals surface area contributed by atoms with Gasteiger partial charge in [-0.2, -0.15) is 0 Å². The summed E-state index contributed by atoms with van der Waals surface area (Å²) >= 11 is 6.74. The fourth-order valence-electron chi connectivity index (χ4n) is 3.12. The van der Waals surface area contributed by atoms with Gasteiger partial charge in [-0.3, -0.25) is 9.69 Å². The first-order chi connectivity index (χ1) is 15.0. The molecule has 0 atom stereocenters. The second kappa shape index (κ2) is 9.45. The molecule has 3 aromatic carbocycles. The summed E-state index contributed by atoms with van der Waals surface area (Å²) < 4.78 is 19.5. The van der Waals surface area contributed by atoms with Crippen molar-refractivity contribution in [3.63, 3.8) is 0 Å². The number of ether oxygens (including phenoxy) is 1. The van der Waals surface area contributed by atoms with Gasteiger partial charge in [0.2, 0.25) is 0 Å². The molecule has 1 heterocycles. The van der Waals surface area contributed by atoms with Gasteiger partial charge in [0.1, 0.15) is 22.5 Å². The van der Waals surface area contributed by atoms with E-state index in [1.54, 1.807) is 11.0 Å². The van der Waals surface area contributed by atoms with Crippen LogP contribution < -0.4 is 4.74 Å². The zero-order valence-electron chi connectivity index (χ0n) is 16.9. The first-order valence-electron chi connectivity index (χ1n) is 9.76. The van der Waals surface area contributed by atoms with Crippen molar-refractivity contribution in [2.75, 3.05) is 0 Å². The Kier molecular flexibility index (Phi) is 6.49. The van der Waals surface area contributed by atoms with Crippen LogP contribution in [-0.4, -0.2) is 15.1 Å². The summed E-state index contributed by atoms with van der Waals surface area (Å²) in [5.74, 6) is 0.312. The molecule has 3 aromatic rings. The molecule has 0 unspecified atom stereocenters. The molecule has 1 aliphatic heterocycles. The van der Waals surface area contributed by atoms with Gasteiger partial charge in [-0.05, 0) is 54.0 Å². The average Bonchev–Trinajstić information content (AvgIpc) is 3.02. The van der Waals surface area contributed by atoms with Gasteiger partial charge in [-0.1, -0.05) is 78.1 Å². The molecule has 1 amide bonds. The van der Waals surface area contributed by atoms with E-state index >= 15 is 0 Å². The highest BCUT2D eigenvalue weighted by molar-refractivity contribution is 8.26. The molecular formula is C25H20FNO2S2. The lowest BCUT2D eigenvalue weighted by Gasteiger charge is -2.14. The van der Waals surface area contributed by atoms with Crippen molar-refractivity contribution < 1.29 is 13.9 Å². The Bertz CT molecular complexity index is 1140. The predicted octanol–water partition coefficient (Wildman–Crippen LogP) is 6.11. The Balaban J connectivity index is 1.40. The van der Waals surface area contributed by atoms with Crippen molar-refractivity contribution in [1.29, 1.82) is 0 Å². The molecule has 0 saturated carbocycles. The Morgan fingerprint density at radius 3 is 2.48 bits per heavy atom. The van der Waals surface area contributed by atoms with Crippen LogP contribution in [0.1, 0.15) is 22.3 Å². The third-order valence-corrected chi connectivity index (χ3v) is 6.19. The van der Waals surface area contributed by atoms with Crippen LogP contribution in [0.15, 0.2) is 77.7 Å². The summed E-state index contributed by atoms with van der Waals surface area (Å²) in [6.45, 7) is 2.79. The van der Waals surface area contributed by atoms with E-state index in [1.165, 1.54) is 29.5 Å². The Morgan fingerprint density at radius 1 is 1.03 bits per heavy atom. The van der Waals surface area contributed by atoms with E-state index in [0.29, 0.717) is 21.5 Å². The minimum Gasteiger partial charge on any atom is -0.489 e. The molecule has 0 bridgehead atoms. The fraction of sp³-hybridized carbons (Fsp3) is 0.120. The smallest absolute Gasteiger partial charge is 0.266 e. The first kappa shape index (κ1) is 21.3. The lowest BCUT2D eigenvalue weighted by atomic mass is 10.1. The van der Waals surface area contributed by atoms with Crippen molar-refractivity contribution in [3.8, 4) is 5.75 Å². The Labute approximate surface area is 190 Å². The largest absolute Gasteiger partial charge is 0.489 e. The maximum Gasteiger partial charge on any atom is 0.266 e. The molecule has 0 N–H and O–H groups in total. The Morgan fingerprint density at radius 2 is 1.77 bits per heavy atom. The predicted molar refractivity (Wildman–Crippen MR) is 127 cm³/mol. The lowest BCUT2D eigenvalue weighted by Crippen LogP contribution is -2.27. The zero-order chi connectivity index (χ0) is 21.8. The molecule has 0 aliphatic carbocycles. The highest BCUT2D eigenvalue weighted by Gasteiger charge is 2.31. The highest BCUT2D eigenvalue weighted by atomic mass is 32.2. The number of thiocarbonyl (C=S) groups is 1. The number of carbonyl (C=O) groups is 1. The number of aryl methyl sites for hydroxylation is 1. The fourth-order valence-corrected chi connectivity index (χ4v) is 4.37. The third kappa shape index (κ3) is 5.40. The monoisotopic (exact) mass is 449 g/mol. The van der Waals surface area contributed by atoms with E-state index in [0.717, 1.165) is 16.7 Å². The van der Waals surface area contributed by atoms with Gasteiger partial charge >= 0.3 is 0 Å². The van der Waals surface area contributed by atoms with E-state index in [-0.39, 0.29) is 18.3 Å². The maximum atomic E-state index is 13.3. The second-order valence-electron chi connectivity index (χ2n) is 7.24. The highest BCUT2D eigenvalue weighted by Crippen LogP contribution is 2.33. The number of thioether (sulfide) groups is 1. The SMILES string of the molecule is Cc1ccc(CN2C(=O)/C(=C/c3ccc(OCc4cccc(F)c4)cc3)SC2=S)cc1. The number of halogens is 1. The topological polar surface area (TPSA) is 29.5 Å². The van der Waals surface area contributed by atoms with Gasteiger partial charge in [0.05, 0.1) is 11.4 Å². The molecule has 31 heavy (non-hydrogen) atoms. The van der Waals surface area contributed by atoms with Crippen molar-refractivity contribution in [3.05, 3.63) is 106 Å². The van der Waals surface area contributed by atoms with E-state index in [2.05, 4.69) is 0 Å². The van der Waals surface area contributed by atoms with E-state index in [1.807, 2.05) is 67.6 Å². The van der Waals surface area contributed by atoms with Crippen molar-refractivity contribution in [1.82, 2.24) is 4.90 Å². The van der Waals surface area contributed by atoms with Crippen LogP contribution in [0.4, 0.5) is 4.39 Å². The Hall–Kier alpha value is -2.96. The van der Waals surface area contributed by atoms with Gasteiger partial charge < -0.3 is 4.74 Å². The van der Waals surface area contributed by atoms with Crippen LogP contribution in [0, 0.1) is 12.7 Å².